The van der Waals surface area contributed by atoms with Gasteiger partial charge in [0.15, 0.2) is 16.9 Å². The second-order valence-electron chi connectivity index (χ2n) is 6.32. The molecule has 4 atom stereocenters. The number of aromatic hydroxyl groups is 1. The van der Waals surface area contributed by atoms with Crippen LogP contribution in [0, 0.1) is 0 Å². The van der Waals surface area contributed by atoms with Crippen LogP contribution in [0.4, 0.5) is 0 Å². The highest BCUT2D eigenvalue weighted by atomic mass is 16.6. The van der Waals surface area contributed by atoms with Gasteiger partial charge >= 0.3 is 0 Å². The van der Waals surface area contributed by atoms with Gasteiger partial charge < -0.3 is 29.2 Å². The minimum absolute atomic E-state index is 0.0439. The van der Waals surface area contributed by atoms with E-state index in [9.17, 15) is 20.1 Å². The van der Waals surface area contributed by atoms with Crippen LogP contribution in [-0.4, -0.2) is 34.6 Å². The second-order valence-corrected chi connectivity index (χ2v) is 6.32. The highest BCUT2D eigenvalue weighted by molar-refractivity contribution is 5.42. The zero-order chi connectivity index (χ0) is 17.7. The molecule has 2 heterocycles. The van der Waals surface area contributed by atoms with Crippen LogP contribution in [0.5, 0.6) is 11.5 Å². The molecule has 0 radical (unpaired) electrons. The Bertz CT molecular complexity index is 872. The van der Waals surface area contributed by atoms with Crippen LogP contribution in [0.25, 0.3) is 0 Å². The Morgan fingerprint density at radius 1 is 1.20 bits per heavy atom. The number of hydrogen-bond acceptors (Lipinski definition) is 7. The van der Waals surface area contributed by atoms with Crippen LogP contribution in [0.1, 0.15) is 34.9 Å². The highest BCUT2D eigenvalue weighted by Gasteiger charge is 2.56. The van der Waals surface area contributed by atoms with Crippen LogP contribution in [0.2, 0.25) is 0 Å². The van der Waals surface area contributed by atoms with Crippen molar-refractivity contribution in [3.63, 3.8) is 0 Å². The third-order valence-corrected chi connectivity index (χ3v) is 4.71. The van der Waals surface area contributed by atoms with E-state index in [1.165, 1.54) is 13.2 Å². The third kappa shape index (κ3) is 2.70. The van der Waals surface area contributed by atoms with Crippen LogP contribution in [-0.2, 0) is 17.6 Å². The normalized spacial score (nSPS) is 26.7. The molecule has 2 aromatic rings. The first kappa shape index (κ1) is 16.1. The number of aliphatic hydroxyl groups excluding tert-OH is 2. The predicted octanol–water partition coefficient (Wildman–Crippen LogP) is 0.987. The Morgan fingerprint density at radius 3 is 2.72 bits per heavy atom. The summed E-state index contributed by atoms with van der Waals surface area (Å²) < 4.78 is 15.9. The average molecular weight is 346 g/mol. The standard InChI is InChI=1S/C18H18O7/c1-23-12-5-3-8(6-10(12)19)2-4-9-7-11(20)13-16(24-9)14(21)15(22)18-17(13)25-18/h3,5-7,14-15,17-19,21-22H,2,4H2,1H3. The Hall–Kier alpha value is -2.35. The topological polar surface area (TPSA) is 113 Å². The monoisotopic (exact) mass is 346 g/mol. The van der Waals surface area contributed by atoms with Gasteiger partial charge in [-0.3, -0.25) is 4.79 Å². The van der Waals surface area contributed by atoms with Gasteiger partial charge in [-0.2, -0.15) is 0 Å². The molecule has 0 saturated carbocycles. The first-order valence-corrected chi connectivity index (χ1v) is 8.04. The molecule has 2 aliphatic rings. The number of phenols is 1. The number of aryl methyl sites for hydroxylation is 2. The number of phenolic OH excluding ortho intramolecular Hbond substituents is 1. The predicted molar refractivity (Wildman–Crippen MR) is 85.6 cm³/mol. The Kier molecular flexibility index (Phi) is 3.79. The van der Waals surface area contributed by atoms with Crippen molar-refractivity contribution in [1.82, 2.24) is 0 Å². The maximum atomic E-state index is 12.3. The van der Waals surface area contributed by atoms with E-state index in [1.807, 2.05) is 6.07 Å². The molecule has 4 unspecified atom stereocenters. The van der Waals surface area contributed by atoms with E-state index in [0.717, 1.165) is 5.56 Å². The maximum Gasteiger partial charge on any atom is 0.191 e. The molecule has 1 aliphatic heterocycles. The van der Waals surface area contributed by atoms with Crippen LogP contribution >= 0.6 is 0 Å². The molecule has 1 fully saturated rings. The van der Waals surface area contributed by atoms with Gasteiger partial charge in [-0.25, -0.2) is 0 Å². The number of epoxide rings is 1. The summed E-state index contributed by atoms with van der Waals surface area (Å²) in [5.74, 6) is 0.929. The molecule has 1 aromatic heterocycles. The number of fused-ring (bicyclic) bond motifs is 3. The summed E-state index contributed by atoms with van der Waals surface area (Å²) in [6, 6.07) is 6.47. The summed E-state index contributed by atoms with van der Waals surface area (Å²) >= 11 is 0. The fraction of sp³-hybridized carbons (Fsp3) is 0.389. The summed E-state index contributed by atoms with van der Waals surface area (Å²) in [6.07, 6.45) is -2.44. The molecular weight excluding hydrogens is 328 g/mol. The van der Waals surface area contributed by atoms with E-state index in [0.29, 0.717) is 29.9 Å². The quantitative estimate of drug-likeness (QED) is 0.708. The molecule has 7 heteroatoms. The third-order valence-electron chi connectivity index (χ3n) is 4.71. The molecule has 7 nitrogen and oxygen atoms in total. The number of rotatable bonds is 4. The Morgan fingerprint density at radius 2 is 2.00 bits per heavy atom. The fourth-order valence-corrected chi connectivity index (χ4v) is 3.30. The Labute approximate surface area is 143 Å². The SMILES string of the molecule is COc1ccc(CCc2cc(=O)c3c(o2)C(O)C(O)C2OC32)cc1O. The van der Waals surface area contributed by atoms with E-state index >= 15 is 0 Å². The average Bonchev–Trinajstić information content (AvgIpc) is 3.38. The molecular formula is C18H18O7. The van der Waals surface area contributed by atoms with Gasteiger partial charge in [0.1, 0.15) is 35.9 Å². The molecule has 25 heavy (non-hydrogen) atoms. The molecule has 132 valence electrons. The lowest BCUT2D eigenvalue weighted by Crippen LogP contribution is -2.32. The van der Waals surface area contributed by atoms with Crippen molar-refractivity contribution >= 4 is 0 Å². The molecule has 4 rings (SSSR count). The van der Waals surface area contributed by atoms with Crippen LogP contribution in [0.15, 0.2) is 33.5 Å². The summed E-state index contributed by atoms with van der Waals surface area (Å²) in [5.41, 5.74) is 0.894. The summed E-state index contributed by atoms with van der Waals surface area (Å²) in [5, 5.41) is 29.9. The molecule has 1 saturated heterocycles. The van der Waals surface area contributed by atoms with E-state index in [1.54, 1.807) is 12.1 Å². The van der Waals surface area contributed by atoms with Gasteiger partial charge in [-0.1, -0.05) is 6.07 Å². The van der Waals surface area contributed by atoms with Gasteiger partial charge in [-0.05, 0) is 24.1 Å². The van der Waals surface area contributed by atoms with Gasteiger partial charge in [0.25, 0.3) is 0 Å². The van der Waals surface area contributed by atoms with Crippen molar-refractivity contribution in [2.45, 2.75) is 37.3 Å². The van der Waals surface area contributed by atoms with Crippen molar-refractivity contribution in [2.75, 3.05) is 7.11 Å². The largest absolute Gasteiger partial charge is 0.504 e. The Balaban J connectivity index is 1.57. The first-order chi connectivity index (χ1) is 12.0. The second kappa shape index (κ2) is 5.87. The van der Waals surface area contributed by atoms with Crippen LogP contribution in [0.3, 0.4) is 0 Å². The molecule has 3 N–H and O–H groups in total. The number of methoxy groups -OCH3 is 1. The lowest BCUT2D eigenvalue weighted by atomic mass is 9.92. The fourth-order valence-electron chi connectivity index (χ4n) is 3.30. The number of hydrogen-bond donors (Lipinski definition) is 3. The van der Waals surface area contributed by atoms with Crippen LogP contribution < -0.4 is 10.2 Å². The summed E-state index contributed by atoms with van der Waals surface area (Å²) in [7, 11) is 1.48. The maximum absolute atomic E-state index is 12.3. The van der Waals surface area contributed by atoms with Gasteiger partial charge in [0.05, 0.1) is 12.7 Å². The smallest absolute Gasteiger partial charge is 0.191 e. The lowest BCUT2D eigenvalue weighted by molar-refractivity contribution is -0.0137. The summed E-state index contributed by atoms with van der Waals surface area (Å²) in [6.45, 7) is 0. The number of benzene rings is 1. The number of aliphatic hydroxyl groups is 2. The molecule has 0 amide bonds. The zero-order valence-corrected chi connectivity index (χ0v) is 13.5. The van der Waals surface area contributed by atoms with Crippen molar-refractivity contribution in [1.29, 1.82) is 0 Å². The molecule has 0 bridgehead atoms. The number of ether oxygens (including phenoxy) is 2. The summed E-state index contributed by atoms with van der Waals surface area (Å²) in [4.78, 5) is 12.3. The van der Waals surface area contributed by atoms with Gasteiger partial charge in [-0.15, -0.1) is 0 Å². The zero-order valence-electron chi connectivity index (χ0n) is 13.5. The van der Waals surface area contributed by atoms with E-state index in [4.69, 9.17) is 13.9 Å². The first-order valence-electron chi connectivity index (χ1n) is 8.04. The van der Waals surface area contributed by atoms with E-state index < -0.39 is 24.4 Å². The lowest BCUT2D eigenvalue weighted by Gasteiger charge is -2.21. The molecule has 1 aliphatic carbocycles. The molecule has 0 spiro atoms. The van der Waals surface area contributed by atoms with E-state index in [2.05, 4.69) is 0 Å². The van der Waals surface area contributed by atoms with Crippen molar-refractivity contribution < 1.29 is 29.2 Å². The minimum Gasteiger partial charge on any atom is -0.504 e. The highest BCUT2D eigenvalue weighted by Crippen LogP contribution is 2.49. The van der Waals surface area contributed by atoms with Crippen molar-refractivity contribution in [3.8, 4) is 11.5 Å². The van der Waals surface area contributed by atoms with Crippen molar-refractivity contribution in [2.24, 2.45) is 0 Å². The molecule has 1 aromatic carbocycles. The minimum atomic E-state index is -1.27. The van der Waals surface area contributed by atoms with Gasteiger partial charge in [0.2, 0.25) is 0 Å². The van der Waals surface area contributed by atoms with Gasteiger partial charge in [0, 0.05) is 12.5 Å². The van der Waals surface area contributed by atoms with Crippen molar-refractivity contribution in [3.05, 3.63) is 57.1 Å². The van der Waals surface area contributed by atoms with E-state index in [-0.39, 0.29) is 16.9 Å².